The number of rotatable bonds is 3. The van der Waals surface area contributed by atoms with Crippen LogP contribution in [0.2, 0.25) is 0 Å². The maximum Gasteiger partial charge on any atom is 0.171 e. The molecule has 4 nitrogen and oxygen atoms in total. The Morgan fingerprint density at radius 1 is 1.29 bits per heavy atom. The summed E-state index contributed by atoms with van der Waals surface area (Å²) in [6.45, 7) is 1.46. The maximum absolute atomic E-state index is 11.3. The molecule has 0 fully saturated rings. The van der Waals surface area contributed by atoms with E-state index in [1.807, 2.05) is 0 Å². The molecule has 0 atom stereocenters. The molecule has 4 heteroatoms. The Hall–Kier alpha value is -1.71. The van der Waals surface area contributed by atoms with E-state index in [2.05, 4.69) is 0 Å². The predicted molar refractivity (Wildman–Crippen MR) is 54.0 cm³/mol. The van der Waals surface area contributed by atoms with Crippen LogP contribution in [-0.4, -0.2) is 20.0 Å². The van der Waals surface area contributed by atoms with Crippen molar-refractivity contribution in [2.24, 2.45) is 0 Å². The van der Waals surface area contributed by atoms with E-state index in [1.165, 1.54) is 21.1 Å². The number of nitrogens with two attached hydrogens (primary N) is 1. The number of hydrogen-bond acceptors (Lipinski definition) is 4. The van der Waals surface area contributed by atoms with Crippen LogP contribution < -0.4 is 15.2 Å². The smallest absolute Gasteiger partial charge is 0.171 e. The van der Waals surface area contributed by atoms with Crippen LogP contribution in [-0.2, 0) is 0 Å². The molecule has 1 rings (SSSR count). The minimum atomic E-state index is -0.104. The van der Waals surface area contributed by atoms with E-state index in [4.69, 9.17) is 15.2 Å². The van der Waals surface area contributed by atoms with Gasteiger partial charge in [-0.1, -0.05) is 0 Å². The molecule has 14 heavy (non-hydrogen) atoms. The highest BCUT2D eigenvalue weighted by Gasteiger charge is 2.14. The highest BCUT2D eigenvalue weighted by molar-refractivity contribution is 5.98. The van der Waals surface area contributed by atoms with Crippen LogP contribution in [0.1, 0.15) is 17.3 Å². The molecule has 0 spiro atoms. The Morgan fingerprint density at radius 3 is 2.36 bits per heavy atom. The second-order valence-corrected chi connectivity index (χ2v) is 2.86. The average Bonchev–Trinajstić information content (AvgIpc) is 2.16. The first-order valence-electron chi connectivity index (χ1n) is 4.12. The SMILES string of the molecule is COc1cc(N)cc(C(C)=O)c1OC. The van der Waals surface area contributed by atoms with E-state index >= 15 is 0 Å². The van der Waals surface area contributed by atoms with Crippen molar-refractivity contribution in [3.63, 3.8) is 0 Å². The van der Waals surface area contributed by atoms with Gasteiger partial charge in [-0.2, -0.15) is 0 Å². The van der Waals surface area contributed by atoms with E-state index in [9.17, 15) is 4.79 Å². The van der Waals surface area contributed by atoms with Crippen LogP contribution in [0.5, 0.6) is 11.5 Å². The quantitative estimate of drug-likeness (QED) is 0.586. The zero-order valence-corrected chi connectivity index (χ0v) is 8.46. The summed E-state index contributed by atoms with van der Waals surface area (Å²) in [4.78, 5) is 11.3. The highest BCUT2D eigenvalue weighted by atomic mass is 16.5. The van der Waals surface area contributed by atoms with Crippen LogP contribution in [0, 0.1) is 0 Å². The average molecular weight is 195 g/mol. The molecular formula is C10H13NO3. The Labute approximate surface area is 82.6 Å². The molecule has 0 aromatic heterocycles. The molecule has 0 bridgehead atoms. The number of methoxy groups -OCH3 is 2. The van der Waals surface area contributed by atoms with Crippen molar-refractivity contribution in [3.05, 3.63) is 17.7 Å². The number of carbonyl (C=O) groups is 1. The molecule has 0 radical (unpaired) electrons. The Morgan fingerprint density at radius 2 is 1.93 bits per heavy atom. The van der Waals surface area contributed by atoms with Crippen molar-refractivity contribution in [2.75, 3.05) is 20.0 Å². The monoisotopic (exact) mass is 195 g/mol. The van der Waals surface area contributed by atoms with Gasteiger partial charge in [-0.3, -0.25) is 4.79 Å². The molecule has 0 aliphatic carbocycles. The first kappa shape index (κ1) is 10.4. The van der Waals surface area contributed by atoms with Gasteiger partial charge >= 0.3 is 0 Å². The summed E-state index contributed by atoms with van der Waals surface area (Å²) >= 11 is 0. The number of benzene rings is 1. The lowest BCUT2D eigenvalue weighted by atomic mass is 10.1. The van der Waals surface area contributed by atoms with E-state index in [1.54, 1.807) is 12.1 Å². The van der Waals surface area contributed by atoms with Crippen LogP contribution in [0.15, 0.2) is 12.1 Å². The molecule has 0 saturated carbocycles. The van der Waals surface area contributed by atoms with Crippen LogP contribution in [0.25, 0.3) is 0 Å². The first-order chi connectivity index (χ1) is 6.60. The van der Waals surface area contributed by atoms with Gasteiger partial charge in [0.25, 0.3) is 0 Å². The van der Waals surface area contributed by atoms with E-state index in [0.717, 1.165) is 0 Å². The van der Waals surface area contributed by atoms with Gasteiger partial charge in [-0.25, -0.2) is 0 Å². The van der Waals surface area contributed by atoms with Crippen molar-refractivity contribution >= 4 is 11.5 Å². The van der Waals surface area contributed by atoms with Gasteiger partial charge in [0.15, 0.2) is 17.3 Å². The lowest BCUT2D eigenvalue weighted by Gasteiger charge is -2.11. The fourth-order valence-corrected chi connectivity index (χ4v) is 1.25. The molecule has 0 heterocycles. The number of ether oxygens (including phenoxy) is 2. The lowest BCUT2D eigenvalue weighted by molar-refractivity contribution is 0.101. The third-order valence-electron chi connectivity index (χ3n) is 1.88. The van der Waals surface area contributed by atoms with Gasteiger partial charge < -0.3 is 15.2 Å². The Kier molecular flexibility index (Phi) is 2.96. The maximum atomic E-state index is 11.3. The van der Waals surface area contributed by atoms with Crippen LogP contribution in [0.3, 0.4) is 0 Å². The number of hydrogen-bond donors (Lipinski definition) is 1. The Bertz CT molecular complexity index is 361. The number of nitrogen functional groups attached to an aromatic ring is 1. The molecule has 0 unspecified atom stereocenters. The normalized spacial score (nSPS) is 9.64. The van der Waals surface area contributed by atoms with Gasteiger partial charge in [0.2, 0.25) is 0 Å². The van der Waals surface area contributed by atoms with Crippen molar-refractivity contribution in [3.8, 4) is 11.5 Å². The number of carbonyl (C=O) groups excluding carboxylic acids is 1. The number of Topliss-reactive ketones (excluding diaryl/α,β-unsaturated/α-hetero) is 1. The van der Waals surface area contributed by atoms with Gasteiger partial charge in [0.05, 0.1) is 19.8 Å². The zero-order chi connectivity index (χ0) is 10.7. The minimum absolute atomic E-state index is 0.104. The molecular weight excluding hydrogens is 182 g/mol. The fourth-order valence-electron chi connectivity index (χ4n) is 1.25. The van der Waals surface area contributed by atoms with Gasteiger partial charge in [0, 0.05) is 11.8 Å². The van der Waals surface area contributed by atoms with Crippen molar-refractivity contribution in [1.82, 2.24) is 0 Å². The summed E-state index contributed by atoms with van der Waals surface area (Å²) in [6.07, 6.45) is 0. The van der Waals surface area contributed by atoms with Gasteiger partial charge in [-0.05, 0) is 13.0 Å². The second kappa shape index (κ2) is 4.00. The molecule has 76 valence electrons. The standard InChI is InChI=1S/C10H13NO3/c1-6(12)8-4-7(11)5-9(13-2)10(8)14-3/h4-5H,11H2,1-3H3. The second-order valence-electron chi connectivity index (χ2n) is 2.86. The number of ketones is 1. The third-order valence-corrected chi connectivity index (χ3v) is 1.88. The van der Waals surface area contributed by atoms with Gasteiger partial charge in [0.1, 0.15) is 0 Å². The summed E-state index contributed by atoms with van der Waals surface area (Å²) in [7, 11) is 2.99. The summed E-state index contributed by atoms with van der Waals surface area (Å²) in [5, 5.41) is 0. The highest BCUT2D eigenvalue weighted by Crippen LogP contribution is 2.33. The van der Waals surface area contributed by atoms with Crippen molar-refractivity contribution in [2.45, 2.75) is 6.92 Å². The lowest BCUT2D eigenvalue weighted by Crippen LogP contribution is -2.02. The summed E-state index contributed by atoms with van der Waals surface area (Å²) in [5.41, 5.74) is 6.52. The first-order valence-corrected chi connectivity index (χ1v) is 4.12. The van der Waals surface area contributed by atoms with Gasteiger partial charge in [-0.15, -0.1) is 0 Å². The van der Waals surface area contributed by atoms with E-state index < -0.39 is 0 Å². The van der Waals surface area contributed by atoms with E-state index in [-0.39, 0.29) is 5.78 Å². The predicted octanol–water partition coefficient (Wildman–Crippen LogP) is 1.49. The molecule has 0 saturated heterocycles. The summed E-state index contributed by atoms with van der Waals surface area (Å²) in [6, 6.07) is 3.19. The molecule has 1 aromatic carbocycles. The van der Waals surface area contributed by atoms with E-state index in [0.29, 0.717) is 22.7 Å². The van der Waals surface area contributed by atoms with Crippen molar-refractivity contribution < 1.29 is 14.3 Å². The third kappa shape index (κ3) is 1.79. The molecule has 0 aliphatic rings. The zero-order valence-electron chi connectivity index (χ0n) is 8.46. The largest absolute Gasteiger partial charge is 0.493 e. The topological polar surface area (TPSA) is 61.5 Å². The number of anilines is 1. The summed E-state index contributed by atoms with van der Waals surface area (Å²) < 4.78 is 10.1. The van der Waals surface area contributed by atoms with Crippen LogP contribution >= 0.6 is 0 Å². The Balaban J connectivity index is 3.39. The molecule has 1 aromatic rings. The summed E-state index contributed by atoms with van der Waals surface area (Å²) in [5.74, 6) is 0.791. The minimum Gasteiger partial charge on any atom is -0.493 e. The molecule has 0 amide bonds. The van der Waals surface area contributed by atoms with Crippen molar-refractivity contribution in [1.29, 1.82) is 0 Å². The fraction of sp³-hybridized carbons (Fsp3) is 0.300. The molecule has 2 N–H and O–H groups in total. The van der Waals surface area contributed by atoms with Crippen LogP contribution in [0.4, 0.5) is 5.69 Å². The molecule has 0 aliphatic heterocycles.